The number of pyridine rings is 1. The van der Waals surface area contributed by atoms with Gasteiger partial charge in [0, 0.05) is 29.6 Å². The van der Waals surface area contributed by atoms with Gasteiger partial charge in [0.2, 0.25) is 5.91 Å². The molecule has 2 amide bonds. The van der Waals surface area contributed by atoms with Crippen LogP contribution < -0.4 is 15.4 Å². The predicted octanol–water partition coefficient (Wildman–Crippen LogP) is 4.99. The van der Waals surface area contributed by atoms with Gasteiger partial charge < -0.3 is 15.2 Å². The minimum Gasteiger partial charge on any atom is -0.484 e. The fourth-order valence-corrected chi connectivity index (χ4v) is 2.95. The molecule has 0 aliphatic heterocycles. The number of benzene rings is 2. The molecule has 3 N–H and O–H groups in total. The van der Waals surface area contributed by atoms with Gasteiger partial charge in [0.25, 0.3) is 0 Å². The molecular formula is C23H18F3N3O5. The van der Waals surface area contributed by atoms with Gasteiger partial charge in [-0.3, -0.25) is 19.9 Å². The molecule has 0 radical (unpaired) electrons. The summed E-state index contributed by atoms with van der Waals surface area (Å²) in [6, 6.07) is 13.5. The summed E-state index contributed by atoms with van der Waals surface area (Å²) < 4.78 is 41.7. The molecule has 1 heterocycles. The number of ether oxygens (including phenoxy) is 1. The molecule has 176 valence electrons. The van der Waals surface area contributed by atoms with Crippen LogP contribution in [0.2, 0.25) is 0 Å². The van der Waals surface area contributed by atoms with E-state index in [1.165, 1.54) is 6.07 Å². The lowest BCUT2D eigenvalue weighted by Crippen LogP contribution is -2.20. The highest BCUT2D eigenvalue weighted by Crippen LogP contribution is 2.29. The fraction of sp³-hybridized carbons (Fsp3) is 0.130. The van der Waals surface area contributed by atoms with Crippen LogP contribution in [-0.4, -0.2) is 40.7 Å². The third kappa shape index (κ3) is 7.05. The van der Waals surface area contributed by atoms with Crippen LogP contribution in [0.25, 0.3) is 11.1 Å². The van der Waals surface area contributed by atoms with Gasteiger partial charge in [-0.2, -0.15) is 13.2 Å². The first kappa shape index (κ1) is 24.2. The van der Waals surface area contributed by atoms with Crippen molar-refractivity contribution in [1.82, 2.24) is 4.98 Å². The van der Waals surface area contributed by atoms with Crippen molar-refractivity contribution in [3.63, 3.8) is 0 Å². The highest BCUT2D eigenvalue weighted by Gasteiger charge is 2.28. The van der Waals surface area contributed by atoms with E-state index in [-0.39, 0.29) is 22.7 Å². The summed E-state index contributed by atoms with van der Waals surface area (Å²) in [6.45, 7) is -1.57. The van der Waals surface area contributed by atoms with Gasteiger partial charge in [0.05, 0.1) is 17.8 Å². The average Bonchev–Trinajstić information content (AvgIpc) is 2.79. The van der Waals surface area contributed by atoms with Crippen LogP contribution >= 0.6 is 0 Å². The smallest absolute Gasteiger partial charge is 0.422 e. The Balaban J connectivity index is 1.71. The summed E-state index contributed by atoms with van der Waals surface area (Å²) in [4.78, 5) is 40.1. The molecule has 11 heteroatoms. The number of hydrogen-bond acceptors (Lipinski definition) is 5. The number of hydrogen-bond donors (Lipinski definition) is 3. The lowest BCUT2D eigenvalue weighted by Gasteiger charge is -2.14. The van der Waals surface area contributed by atoms with Crippen molar-refractivity contribution in [2.24, 2.45) is 0 Å². The van der Waals surface area contributed by atoms with Crippen molar-refractivity contribution in [3.05, 3.63) is 72.6 Å². The van der Waals surface area contributed by atoms with Crippen molar-refractivity contribution in [2.45, 2.75) is 12.6 Å². The third-order valence-electron chi connectivity index (χ3n) is 4.41. The topological polar surface area (TPSA) is 118 Å². The predicted molar refractivity (Wildman–Crippen MR) is 117 cm³/mol. The Morgan fingerprint density at radius 2 is 1.71 bits per heavy atom. The Labute approximate surface area is 191 Å². The Morgan fingerprint density at radius 1 is 0.941 bits per heavy atom. The van der Waals surface area contributed by atoms with Crippen LogP contribution in [0.4, 0.5) is 29.3 Å². The second-order valence-electron chi connectivity index (χ2n) is 7.01. The maximum Gasteiger partial charge on any atom is 0.422 e. The molecule has 0 fully saturated rings. The number of carbonyl (C=O) groups is 3. The SMILES string of the molecule is O=C(O)Nc1cc(OCC(F)(F)F)ccc1NC(=O)CC(=O)c1cccc(-c2cccnc2)c1. The van der Waals surface area contributed by atoms with Crippen LogP contribution in [0.1, 0.15) is 16.8 Å². The van der Waals surface area contributed by atoms with E-state index in [1.54, 1.807) is 42.7 Å². The summed E-state index contributed by atoms with van der Waals surface area (Å²) in [7, 11) is 0. The van der Waals surface area contributed by atoms with E-state index in [1.807, 2.05) is 11.4 Å². The molecule has 0 atom stereocenters. The largest absolute Gasteiger partial charge is 0.484 e. The Bertz CT molecular complexity index is 1200. The van der Waals surface area contributed by atoms with Gasteiger partial charge in [0.15, 0.2) is 12.4 Å². The molecule has 1 aromatic heterocycles. The number of carbonyl (C=O) groups excluding carboxylic acids is 2. The second-order valence-corrected chi connectivity index (χ2v) is 7.01. The lowest BCUT2D eigenvalue weighted by atomic mass is 10.0. The number of amides is 2. The Hall–Kier alpha value is -4.41. The van der Waals surface area contributed by atoms with E-state index < -0.39 is 37.0 Å². The molecule has 0 aliphatic rings. The maximum absolute atomic E-state index is 12.6. The zero-order valence-corrected chi connectivity index (χ0v) is 17.4. The molecule has 0 bridgehead atoms. The van der Waals surface area contributed by atoms with E-state index in [9.17, 15) is 27.6 Å². The van der Waals surface area contributed by atoms with Gasteiger partial charge in [-0.1, -0.05) is 24.3 Å². The Kier molecular flexibility index (Phi) is 7.46. The number of ketones is 1. The van der Waals surface area contributed by atoms with Crippen LogP contribution in [-0.2, 0) is 4.79 Å². The van der Waals surface area contributed by atoms with E-state index in [2.05, 4.69) is 15.0 Å². The average molecular weight is 473 g/mol. The summed E-state index contributed by atoms with van der Waals surface area (Å²) in [6.07, 6.45) is -3.38. The summed E-state index contributed by atoms with van der Waals surface area (Å²) in [5.41, 5.74) is 1.55. The molecule has 0 spiro atoms. The van der Waals surface area contributed by atoms with Crippen molar-refractivity contribution in [3.8, 4) is 16.9 Å². The Morgan fingerprint density at radius 3 is 2.38 bits per heavy atom. The molecule has 8 nitrogen and oxygen atoms in total. The highest BCUT2D eigenvalue weighted by molar-refractivity contribution is 6.12. The fourth-order valence-electron chi connectivity index (χ4n) is 2.95. The quantitative estimate of drug-likeness (QED) is 0.313. The molecule has 0 aliphatic carbocycles. The molecule has 0 unspecified atom stereocenters. The first-order valence-electron chi connectivity index (χ1n) is 9.78. The number of rotatable bonds is 8. The second kappa shape index (κ2) is 10.5. The first-order valence-corrected chi connectivity index (χ1v) is 9.78. The first-order chi connectivity index (χ1) is 16.1. The molecular weight excluding hydrogens is 455 g/mol. The lowest BCUT2D eigenvalue weighted by molar-refractivity contribution is -0.153. The highest BCUT2D eigenvalue weighted by atomic mass is 19.4. The minimum atomic E-state index is -4.58. The van der Waals surface area contributed by atoms with E-state index in [4.69, 9.17) is 5.11 Å². The molecule has 3 aromatic rings. The van der Waals surface area contributed by atoms with Crippen LogP contribution in [0.3, 0.4) is 0 Å². The van der Waals surface area contributed by atoms with Crippen LogP contribution in [0.15, 0.2) is 67.0 Å². The minimum absolute atomic E-state index is 0.0522. The number of alkyl halides is 3. The molecule has 0 saturated carbocycles. The van der Waals surface area contributed by atoms with Gasteiger partial charge in [-0.15, -0.1) is 0 Å². The molecule has 0 saturated heterocycles. The van der Waals surface area contributed by atoms with E-state index in [0.717, 1.165) is 23.3 Å². The number of nitrogens with one attached hydrogen (secondary N) is 2. The van der Waals surface area contributed by atoms with Gasteiger partial charge >= 0.3 is 12.3 Å². The number of anilines is 2. The number of Topliss-reactive ketones (excluding diaryl/α,β-unsaturated/α-hetero) is 1. The van der Waals surface area contributed by atoms with Crippen molar-refractivity contribution >= 4 is 29.2 Å². The number of carboxylic acid groups (broad SMARTS) is 1. The summed E-state index contributed by atoms with van der Waals surface area (Å²) in [5.74, 6) is -1.49. The maximum atomic E-state index is 12.6. The molecule has 34 heavy (non-hydrogen) atoms. The summed E-state index contributed by atoms with van der Waals surface area (Å²) >= 11 is 0. The van der Waals surface area contributed by atoms with E-state index >= 15 is 0 Å². The zero-order chi connectivity index (χ0) is 24.7. The monoisotopic (exact) mass is 473 g/mol. The van der Waals surface area contributed by atoms with Crippen LogP contribution in [0.5, 0.6) is 5.75 Å². The number of aromatic nitrogens is 1. The number of nitrogens with zero attached hydrogens (tertiary/aromatic N) is 1. The standard InChI is InChI=1S/C23H18F3N3O5/c24-23(25,26)13-34-17-6-7-18(19(10-17)29-22(32)33)28-21(31)11-20(30)15-4-1-3-14(9-15)16-5-2-8-27-12-16/h1-10,12,29H,11,13H2,(H,28,31)(H,32,33). The molecule has 3 rings (SSSR count). The zero-order valence-electron chi connectivity index (χ0n) is 17.4. The number of halogens is 3. The van der Waals surface area contributed by atoms with Crippen LogP contribution in [0, 0.1) is 0 Å². The van der Waals surface area contributed by atoms with Crippen molar-refractivity contribution in [1.29, 1.82) is 0 Å². The summed E-state index contributed by atoms with van der Waals surface area (Å²) in [5, 5.41) is 13.4. The third-order valence-corrected chi connectivity index (χ3v) is 4.41. The van der Waals surface area contributed by atoms with Crippen molar-refractivity contribution in [2.75, 3.05) is 17.2 Å². The van der Waals surface area contributed by atoms with Gasteiger partial charge in [0.1, 0.15) is 5.75 Å². The van der Waals surface area contributed by atoms with E-state index in [0.29, 0.717) is 0 Å². The van der Waals surface area contributed by atoms with Gasteiger partial charge in [-0.05, 0) is 29.8 Å². The molecule has 2 aromatic carbocycles. The van der Waals surface area contributed by atoms with Crippen molar-refractivity contribution < 1.29 is 37.4 Å². The van der Waals surface area contributed by atoms with Gasteiger partial charge in [-0.25, -0.2) is 4.79 Å². The normalized spacial score (nSPS) is 10.9.